The number of rotatable bonds is 6. The molecule has 0 spiro atoms. The monoisotopic (exact) mass is 445 g/mol. The highest BCUT2D eigenvalue weighted by Gasteiger charge is 2.22. The van der Waals surface area contributed by atoms with E-state index >= 15 is 0 Å². The van der Waals surface area contributed by atoms with Crippen LogP contribution in [0.5, 0.6) is 0 Å². The number of carbonyl (C=O) groups excluding carboxylic acids is 1. The van der Waals surface area contributed by atoms with E-state index in [9.17, 15) is 4.79 Å². The number of anilines is 2. The molecule has 33 heavy (non-hydrogen) atoms. The summed E-state index contributed by atoms with van der Waals surface area (Å²) < 4.78 is 2.20. The summed E-state index contributed by atoms with van der Waals surface area (Å²) in [5.74, 6) is 1.43. The highest BCUT2D eigenvalue weighted by molar-refractivity contribution is 5.94. The predicted molar refractivity (Wildman–Crippen MR) is 135 cm³/mol. The first kappa shape index (κ1) is 22.0. The lowest BCUT2D eigenvalue weighted by atomic mass is 9.88. The first-order valence-corrected chi connectivity index (χ1v) is 12.5. The summed E-state index contributed by atoms with van der Waals surface area (Å²) in [5.41, 5.74) is 4.26. The Balaban J connectivity index is 1.18. The standard InChI is InChI=1S/C27H35N5O/c1-30-25-13-12-22(28-27(33)21-8-4-2-5-9-21)20-24(25)29-26(30)14-15-31-16-18-32(19-17-31)23-10-6-3-7-11-23/h3,6-7,10-13,20-21H,2,4-5,8-9,14-19H2,1H3,(H,28,33). The van der Waals surface area contributed by atoms with Crippen LogP contribution >= 0.6 is 0 Å². The summed E-state index contributed by atoms with van der Waals surface area (Å²) in [5, 5.41) is 3.13. The van der Waals surface area contributed by atoms with Crippen molar-refractivity contribution in [2.45, 2.75) is 38.5 Å². The summed E-state index contributed by atoms with van der Waals surface area (Å²) in [6.45, 7) is 5.31. The van der Waals surface area contributed by atoms with Gasteiger partial charge in [-0.25, -0.2) is 4.98 Å². The minimum Gasteiger partial charge on any atom is -0.369 e. The van der Waals surface area contributed by atoms with E-state index in [0.717, 1.165) is 74.5 Å². The normalized spacial score (nSPS) is 18.0. The van der Waals surface area contributed by atoms with Crippen LogP contribution in [-0.4, -0.2) is 53.1 Å². The zero-order chi connectivity index (χ0) is 22.6. The highest BCUT2D eigenvalue weighted by Crippen LogP contribution is 2.26. The van der Waals surface area contributed by atoms with E-state index in [0.29, 0.717) is 0 Å². The van der Waals surface area contributed by atoms with Crippen molar-refractivity contribution in [2.24, 2.45) is 13.0 Å². The maximum Gasteiger partial charge on any atom is 0.227 e. The Bertz CT molecular complexity index is 1080. The predicted octanol–water partition coefficient (Wildman–Crippen LogP) is 4.46. The smallest absolute Gasteiger partial charge is 0.227 e. The van der Waals surface area contributed by atoms with Crippen LogP contribution in [0.2, 0.25) is 0 Å². The molecule has 5 rings (SSSR count). The second-order valence-electron chi connectivity index (χ2n) is 9.53. The highest BCUT2D eigenvalue weighted by atomic mass is 16.1. The van der Waals surface area contributed by atoms with Crippen LogP contribution in [0.15, 0.2) is 48.5 Å². The lowest BCUT2D eigenvalue weighted by Gasteiger charge is -2.36. The molecule has 1 saturated heterocycles. The van der Waals surface area contributed by atoms with Gasteiger partial charge < -0.3 is 14.8 Å². The van der Waals surface area contributed by atoms with E-state index in [4.69, 9.17) is 4.98 Å². The van der Waals surface area contributed by atoms with Crippen molar-refractivity contribution in [1.29, 1.82) is 0 Å². The van der Waals surface area contributed by atoms with Gasteiger partial charge in [-0.3, -0.25) is 9.69 Å². The number of aromatic nitrogens is 2. The number of hydrogen-bond donors (Lipinski definition) is 1. The third kappa shape index (κ3) is 5.06. The summed E-state index contributed by atoms with van der Waals surface area (Å²) in [6, 6.07) is 16.8. The fourth-order valence-electron chi connectivity index (χ4n) is 5.29. The van der Waals surface area contributed by atoms with Gasteiger partial charge in [0.15, 0.2) is 0 Å². The molecule has 1 aliphatic heterocycles. The number of aryl methyl sites for hydroxylation is 1. The van der Waals surface area contributed by atoms with Crippen molar-refractivity contribution in [3.05, 3.63) is 54.4 Å². The van der Waals surface area contributed by atoms with E-state index in [-0.39, 0.29) is 11.8 Å². The molecule has 1 saturated carbocycles. The number of nitrogens with one attached hydrogen (secondary N) is 1. The van der Waals surface area contributed by atoms with Crippen molar-refractivity contribution < 1.29 is 4.79 Å². The molecule has 0 radical (unpaired) electrons. The summed E-state index contributed by atoms with van der Waals surface area (Å²) in [6.07, 6.45) is 6.56. The average molecular weight is 446 g/mol. The van der Waals surface area contributed by atoms with E-state index in [1.165, 1.54) is 24.9 Å². The summed E-state index contributed by atoms with van der Waals surface area (Å²) in [4.78, 5) is 22.5. The molecule has 1 N–H and O–H groups in total. The fraction of sp³-hybridized carbons (Fsp3) is 0.481. The number of benzene rings is 2. The molecule has 0 unspecified atom stereocenters. The molecule has 6 heteroatoms. The largest absolute Gasteiger partial charge is 0.369 e. The number of fused-ring (bicyclic) bond motifs is 1. The number of para-hydroxylation sites is 1. The quantitative estimate of drug-likeness (QED) is 0.609. The lowest BCUT2D eigenvalue weighted by Crippen LogP contribution is -2.47. The topological polar surface area (TPSA) is 53.4 Å². The minimum atomic E-state index is 0.163. The first-order chi connectivity index (χ1) is 16.2. The van der Waals surface area contributed by atoms with Gasteiger partial charge in [0.05, 0.1) is 11.0 Å². The van der Waals surface area contributed by atoms with E-state index in [1.54, 1.807) is 0 Å². The van der Waals surface area contributed by atoms with Crippen LogP contribution in [0.1, 0.15) is 37.9 Å². The van der Waals surface area contributed by atoms with Crippen molar-refractivity contribution in [2.75, 3.05) is 42.9 Å². The van der Waals surface area contributed by atoms with Gasteiger partial charge in [-0.1, -0.05) is 37.5 Å². The molecule has 2 aliphatic rings. The molecule has 2 heterocycles. The number of imidazole rings is 1. The van der Waals surface area contributed by atoms with Crippen LogP contribution < -0.4 is 10.2 Å². The van der Waals surface area contributed by atoms with Gasteiger partial charge in [0, 0.05) is 63.5 Å². The van der Waals surface area contributed by atoms with Crippen molar-refractivity contribution in [3.8, 4) is 0 Å². The van der Waals surface area contributed by atoms with Gasteiger partial charge in [-0.05, 0) is 43.2 Å². The van der Waals surface area contributed by atoms with Gasteiger partial charge in [0.1, 0.15) is 5.82 Å². The fourth-order valence-corrected chi connectivity index (χ4v) is 5.29. The number of hydrogen-bond acceptors (Lipinski definition) is 4. The van der Waals surface area contributed by atoms with Crippen molar-refractivity contribution in [3.63, 3.8) is 0 Å². The maximum absolute atomic E-state index is 12.6. The molecule has 2 fully saturated rings. The minimum absolute atomic E-state index is 0.163. The zero-order valence-electron chi connectivity index (χ0n) is 19.7. The number of piperazine rings is 1. The molecular weight excluding hydrogens is 410 g/mol. The molecule has 6 nitrogen and oxygen atoms in total. The molecular formula is C27H35N5O. The molecule has 0 bridgehead atoms. The molecule has 1 amide bonds. The first-order valence-electron chi connectivity index (χ1n) is 12.5. The SMILES string of the molecule is Cn1c(CCN2CCN(c3ccccc3)CC2)nc2cc(NC(=O)C3CCCCC3)ccc21. The summed E-state index contributed by atoms with van der Waals surface area (Å²) >= 11 is 0. The van der Waals surface area contributed by atoms with Crippen LogP contribution in [0.25, 0.3) is 11.0 Å². The van der Waals surface area contributed by atoms with Crippen molar-refractivity contribution in [1.82, 2.24) is 14.5 Å². The third-order valence-electron chi connectivity index (χ3n) is 7.36. The Labute approximate surface area is 196 Å². The molecule has 174 valence electrons. The molecule has 3 aromatic rings. The second-order valence-corrected chi connectivity index (χ2v) is 9.53. The van der Waals surface area contributed by atoms with Crippen LogP contribution in [-0.2, 0) is 18.3 Å². The Morgan fingerprint density at radius 3 is 2.52 bits per heavy atom. The van der Waals surface area contributed by atoms with Gasteiger partial charge >= 0.3 is 0 Å². The molecule has 2 aromatic carbocycles. The Hall–Kier alpha value is -2.86. The second kappa shape index (κ2) is 9.96. The van der Waals surface area contributed by atoms with E-state index < -0.39 is 0 Å². The van der Waals surface area contributed by atoms with Gasteiger partial charge in [0.2, 0.25) is 5.91 Å². The third-order valence-corrected chi connectivity index (χ3v) is 7.36. The Morgan fingerprint density at radius 2 is 1.76 bits per heavy atom. The van der Waals surface area contributed by atoms with E-state index in [1.807, 2.05) is 12.1 Å². The number of nitrogens with zero attached hydrogens (tertiary/aromatic N) is 4. The van der Waals surface area contributed by atoms with Crippen LogP contribution in [0.4, 0.5) is 11.4 Å². The van der Waals surface area contributed by atoms with Crippen molar-refractivity contribution >= 4 is 28.3 Å². The summed E-state index contributed by atoms with van der Waals surface area (Å²) in [7, 11) is 2.10. The molecule has 1 aromatic heterocycles. The maximum atomic E-state index is 12.6. The number of amides is 1. The van der Waals surface area contributed by atoms with Crippen LogP contribution in [0.3, 0.4) is 0 Å². The van der Waals surface area contributed by atoms with Gasteiger partial charge in [-0.2, -0.15) is 0 Å². The average Bonchev–Trinajstić information content (AvgIpc) is 3.18. The number of carbonyl (C=O) groups is 1. The zero-order valence-corrected chi connectivity index (χ0v) is 19.7. The molecule has 1 aliphatic carbocycles. The lowest BCUT2D eigenvalue weighted by molar-refractivity contribution is -0.120. The molecule has 0 atom stereocenters. The Morgan fingerprint density at radius 1 is 1.00 bits per heavy atom. The Kier molecular flexibility index (Phi) is 6.63. The van der Waals surface area contributed by atoms with Gasteiger partial charge in [-0.15, -0.1) is 0 Å². The van der Waals surface area contributed by atoms with Crippen LogP contribution in [0, 0.1) is 5.92 Å². The van der Waals surface area contributed by atoms with Gasteiger partial charge in [0.25, 0.3) is 0 Å². The van der Waals surface area contributed by atoms with E-state index in [2.05, 4.69) is 63.1 Å².